The molecular weight excluding hydrogens is 380 g/mol. The highest BCUT2D eigenvalue weighted by atomic mass is 16.2. The van der Waals surface area contributed by atoms with Crippen molar-refractivity contribution in [1.29, 1.82) is 0 Å². The SMILES string of the molecule is CC(=O)N(Nc1ccc2c(c1)Cc1ccccc1-2)c1ccc2c(c1)Cc1ccccc1-2. The number of benzene rings is 4. The van der Waals surface area contributed by atoms with Gasteiger partial charge in [0.05, 0.1) is 11.4 Å². The van der Waals surface area contributed by atoms with Crippen molar-refractivity contribution in [3.8, 4) is 22.3 Å². The van der Waals surface area contributed by atoms with Crippen molar-refractivity contribution in [3.05, 3.63) is 107 Å². The van der Waals surface area contributed by atoms with E-state index in [1.165, 1.54) is 44.5 Å². The highest BCUT2D eigenvalue weighted by Crippen LogP contribution is 2.39. The van der Waals surface area contributed by atoms with E-state index >= 15 is 0 Å². The molecule has 0 saturated carbocycles. The summed E-state index contributed by atoms with van der Waals surface area (Å²) in [6.45, 7) is 1.60. The van der Waals surface area contributed by atoms with E-state index in [2.05, 4.69) is 84.3 Å². The van der Waals surface area contributed by atoms with Crippen LogP contribution >= 0.6 is 0 Å². The predicted octanol–water partition coefficient (Wildman–Crippen LogP) is 6.21. The van der Waals surface area contributed by atoms with Gasteiger partial charge in [-0.25, -0.2) is 5.01 Å². The number of anilines is 2. The van der Waals surface area contributed by atoms with Crippen molar-refractivity contribution in [1.82, 2.24) is 0 Å². The van der Waals surface area contributed by atoms with Gasteiger partial charge in [0.2, 0.25) is 5.91 Å². The van der Waals surface area contributed by atoms with E-state index in [1.807, 2.05) is 6.07 Å². The number of fused-ring (bicyclic) bond motifs is 6. The van der Waals surface area contributed by atoms with Gasteiger partial charge in [-0.3, -0.25) is 10.2 Å². The molecule has 0 radical (unpaired) electrons. The number of carbonyl (C=O) groups is 1. The third-order valence-corrected chi connectivity index (χ3v) is 6.38. The van der Waals surface area contributed by atoms with Gasteiger partial charge in [0.25, 0.3) is 0 Å². The highest BCUT2D eigenvalue weighted by molar-refractivity contribution is 5.95. The Morgan fingerprint density at radius 1 is 0.677 bits per heavy atom. The third-order valence-electron chi connectivity index (χ3n) is 6.38. The lowest BCUT2D eigenvalue weighted by molar-refractivity contribution is -0.116. The number of hydrogen-bond donors (Lipinski definition) is 1. The Hall–Kier alpha value is -3.85. The minimum atomic E-state index is -0.0424. The number of rotatable bonds is 3. The summed E-state index contributed by atoms with van der Waals surface area (Å²) in [6, 6.07) is 29.7. The monoisotopic (exact) mass is 402 g/mol. The van der Waals surface area contributed by atoms with Crippen LogP contribution in [-0.4, -0.2) is 5.91 Å². The Bertz CT molecular complexity index is 1350. The van der Waals surface area contributed by atoms with E-state index in [1.54, 1.807) is 11.9 Å². The average molecular weight is 402 g/mol. The van der Waals surface area contributed by atoms with Crippen LogP contribution in [0.3, 0.4) is 0 Å². The second-order valence-corrected chi connectivity index (χ2v) is 8.35. The Morgan fingerprint density at radius 2 is 1.23 bits per heavy atom. The third kappa shape index (κ3) is 2.93. The molecule has 0 saturated heterocycles. The Kier molecular flexibility index (Phi) is 3.97. The van der Waals surface area contributed by atoms with Gasteiger partial charge in [-0.15, -0.1) is 0 Å². The maximum Gasteiger partial charge on any atom is 0.242 e. The summed E-state index contributed by atoms with van der Waals surface area (Å²) in [5.74, 6) is -0.0424. The number of nitrogens with zero attached hydrogens (tertiary/aromatic N) is 1. The molecule has 0 bridgehead atoms. The number of hydrogen-bond acceptors (Lipinski definition) is 2. The molecule has 3 heteroatoms. The molecule has 6 rings (SSSR count). The summed E-state index contributed by atoms with van der Waals surface area (Å²) < 4.78 is 0. The lowest BCUT2D eigenvalue weighted by Gasteiger charge is -2.24. The fourth-order valence-electron chi connectivity index (χ4n) is 4.94. The largest absolute Gasteiger partial charge is 0.291 e. The number of amides is 1. The maximum absolute atomic E-state index is 12.5. The van der Waals surface area contributed by atoms with Crippen LogP contribution < -0.4 is 10.4 Å². The fraction of sp³-hybridized carbons (Fsp3) is 0.107. The topological polar surface area (TPSA) is 32.3 Å². The molecule has 31 heavy (non-hydrogen) atoms. The van der Waals surface area contributed by atoms with Crippen LogP contribution in [0.25, 0.3) is 22.3 Å². The molecule has 4 aromatic carbocycles. The van der Waals surface area contributed by atoms with E-state index in [-0.39, 0.29) is 5.91 Å². The van der Waals surface area contributed by atoms with Gasteiger partial charge in [-0.2, -0.15) is 0 Å². The van der Waals surface area contributed by atoms with E-state index in [0.717, 1.165) is 24.2 Å². The minimum Gasteiger partial charge on any atom is -0.291 e. The van der Waals surface area contributed by atoms with E-state index in [0.29, 0.717) is 0 Å². The molecule has 1 amide bonds. The normalized spacial score (nSPS) is 12.5. The first-order chi connectivity index (χ1) is 15.2. The molecule has 0 heterocycles. The number of carbonyl (C=O) groups excluding carboxylic acids is 1. The molecule has 3 nitrogen and oxygen atoms in total. The lowest BCUT2D eigenvalue weighted by Crippen LogP contribution is -2.34. The summed E-state index contributed by atoms with van der Waals surface area (Å²) in [7, 11) is 0. The van der Waals surface area contributed by atoms with E-state index in [4.69, 9.17) is 0 Å². The fourth-order valence-corrected chi connectivity index (χ4v) is 4.94. The summed E-state index contributed by atoms with van der Waals surface area (Å²) in [6.07, 6.45) is 1.83. The smallest absolute Gasteiger partial charge is 0.242 e. The van der Waals surface area contributed by atoms with Gasteiger partial charge in [-0.1, -0.05) is 60.7 Å². The zero-order chi connectivity index (χ0) is 20.9. The van der Waals surface area contributed by atoms with Crippen LogP contribution in [0, 0.1) is 0 Å². The molecule has 0 atom stereocenters. The quantitative estimate of drug-likeness (QED) is 0.357. The van der Waals surface area contributed by atoms with Crippen molar-refractivity contribution in [2.24, 2.45) is 0 Å². The average Bonchev–Trinajstić information content (AvgIpc) is 3.34. The minimum absolute atomic E-state index is 0.0424. The van der Waals surface area contributed by atoms with Crippen LogP contribution in [0.2, 0.25) is 0 Å². The van der Waals surface area contributed by atoms with Crippen LogP contribution in [-0.2, 0) is 17.6 Å². The summed E-state index contributed by atoms with van der Waals surface area (Å²) in [4.78, 5) is 12.5. The van der Waals surface area contributed by atoms with Gasteiger partial charge in [0.1, 0.15) is 0 Å². The van der Waals surface area contributed by atoms with Crippen LogP contribution in [0.5, 0.6) is 0 Å². The van der Waals surface area contributed by atoms with Crippen LogP contribution in [0.1, 0.15) is 29.2 Å². The van der Waals surface area contributed by atoms with Gasteiger partial charge < -0.3 is 0 Å². The first-order valence-electron chi connectivity index (χ1n) is 10.7. The molecule has 0 aromatic heterocycles. The second-order valence-electron chi connectivity index (χ2n) is 8.35. The summed E-state index contributed by atoms with van der Waals surface area (Å²) in [5, 5.41) is 1.65. The Balaban J connectivity index is 1.31. The van der Waals surface area contributed by atoms with Crippen molar-refractivity contribution in [3.63, 3.8) is 0 Å². The molecule has 2 aliphatic rings. The maximum atomic E-state index is 12.5. The predicted molar refractivity (Wildman–Crippen MR) is 126 cm³/mol. The number of hydrazine groups is 1. The molecule has 0 spiro atoms. The number of nitrogens with one attached hydrogen (secondary N) is 1. The standard InChI is InChI=1S/C28H22N2O/c1-18(31)30(24-11-13-28-22(17-24)15-20-7-3-5-9-26(20)28)29-23-10-12-27-21(16-23)14-19-6-2-4-8-25(19)27/h2-13,16-17,29H,14-15H2,1H3. The van der Waals surface area contributed by atoms with Gasteiger partial charge >= 0.3 is 0 Å². The molecule has 2 aliphatic carbocycles. The Labute approximate surface area is 181 Å². The van der Waals surface area contributed by atoms with Crippen molar-refractivity contribution < 1.29 is 4.79 Å². The molecule has 4 aromatic rings. The zero-order valence-corrected chi connectivity index (χ0v) is 17.4. The molecule has 0 aliphatic heterocycles. The molecular formula is C28H22N2O. The molecule has 1 N–H and O–H groups in total. The van der Waals surface area contributed by atoms with Crippen molar-refractivity contribution in [2.45, 2.75) is 19.8 Å². The van der Waals surface area contributed by atoms with E-state index in [9.17, 15) is 4.79 Å². The molecule has 150 valence electrons. The zero-order valence-electron chi connectivity index (χ0n) is 17.4. The van der Waals surface area contributed by atoms with Gasteiger partial charge in [0, 0.05) is 6.92 Å². The first kappa shape index (κ1) is 18.0. The summed E-state index contributed by atoms with van der Waals surface area (Å²) >= 11 is 0. The van der Waals surface area contributed by atoms with Crippen molar-refractivity contribution >= 4 is 17.3 Å². The van der Waals surface area contributed by atoms with Crippen LogP contribution in [0.4, 0.5) is 11.4 Å². The molecule has 0 unspecified atom stereocenters. The second kappa shape index (κ2) is 6.85. The van der Waals surface area contributed by atoms with Crippen LogP contribution in [0.15, 0.2) is 84.9 Å². The van der Waals surface area contributed by atoms with Gasteiger partial charge in [0.15, 0.2) is 0 Å². The first-order valence-corrected chi connectivity index (χ1v) is 10.7. The van der Waals surface area contributed by atoms with Gasteiger partial charge in [-0.05, 0) is 81.6 Å². The highest BCUT2D eigenvalue weighted by Gasteiger charge is 2.22. The lowest BCUT2D eigenvalue weighted by atomic mass is 10.1. The van der Waals surface area contributed by atoms with Crippen molar-refractivity contribution in [2.75, 3.05) is 10.4 Å². The van der Waals surface area contributed by atoms with E-state index < -0.39 is 0 Å². The summed E-state index contributed by atoms with van der Waals surface area (Å²) in [5.41, 5.74) is 15.5. The molecule has 0 fully saturated rings. The Morgan fingerprint density at radius 3 is 1.87 bits per heavy atom.